The summed E-state index contributed by atoms with van der Waals surface area (Å²) in [5.74, 6) is 0.774. The molecule has 0 radical (unpaired) electrons. The summed E-state index contributed by atoms with van der Waals surface area (Å²) in [5, 5.41) is 3.42. The summed E-state index contributed by atoms with van der Waals surface area (Å²) in [7, 11) is -0.671. The van der Waals surface area contributed by atoms with Crippen molar-refractivity contribution in [1.29, 1.82) is 0 Å². The van der Waals surface area contributed by atoms with Gasteiger partial charge in [0.25, 0.3) is 0 Å². The number of nitrogens with one attached hydrogen (secondary N) is 1. The van der Waals surface area contributed by atoms with Crippen molar-refractivity contribution in [2.24, 2.45) is 0 Å². The molecule has 98 valence electrons. The van der Waals surface area contributed by atoms with E-state index in [9.17, 15) is 4.21 Å². The number of unbranched alkanes of at least 4 members (excludes halogenated alkanes) is 6. The van der Waals surface area contributed by atoms with Crippen LogP contribution in [-0.4, -0.2) is 28.8 Å². The smallest absolute Gasteiger partial charge is 0.0383 e. The van der Waals surface area contributed by atoms with E-state index in [0.29, 0.717) is 6.04 Å². The Balaban J connectivity index is 3.11. The fraction of sp³-hybridized carbons (Fsp3) is 1.00. The molecule has 0 aliphatic carbocycles. The van der Waals surface area contributed by atoms with Crippen LogP contribution < -0.4 is 5.32 Å². The van der Waals surface area contributed by atoms with Gasteiger partial charge in [-0.15, -0.1) is 0 Å². The highest BCUT2D eigenvalue weighted by Crippen LogP contribution is 2.06. The summed E-state index contributed by atoms with van der Waals surface area (Å²) in [4.78, 5) is 0. The van der Waals surface area contributed by atoms with E-state index in [-0.39, 0.29) is 0 Å². The van der Waals surface area contributed by atoms with Crippen molar-refractivity contribution in [3.8, 4) is 0 Å². The third kappa shape index (κ3) is 12.2. The molecule has 0 bridgehead atoms. The second-order valence-electron chi connectivity index (χ2n) is 4.72. The molecule has 2 unspecified atom stereocenters. The second kappa shape index (κ2) is 11.6. The maximum atomic E-state index is 11.0. The molecule has 0 aromatic heterocycles. The summed E-state index contributed by atoms with van der Waals surface area (Å²) < 4.78 is 11.0. The van der Waals surface area contributed by atoms with Gasteiger partial charge in [-0.2, -0.15) is 0 Å². The van der Waals surface area contributed by atoms with Gasteiger partial charge < -0.3 is 5.32 Å². The van der Waals surface area contributed by atoms with Crippen LogP contribution >= 0.6 is 0 Å². The Kier molecular flexibility index (Phi) is 11.7. The van der Waals surface area contributed by atoms with Crippen molar-refractivity contribution >= 4 is 10.8 Å². The average Bonchev–Trinajstić information content (AvgIpc) is 2.21. The zero-order valence-corrected chi connectivity index (χ0v) is 12.1. The maximum absolute atomic E-state index is 11.0. The Hall–Kier alpha value is 0.110. The molecule has 0 saturated heterocycles. The lowest BCUT2D eigenvalue weighted by atomic mass is 10.1. The van der Waals surface area contributed by atoms with Crippen molar-refractivity contribution < 1.29 is 4.21 Å². The Labute approximate surface area is 104 Å². The zero-order valence-electron chi connectivity index (χ0n) is 11.3. The van der Waals surface area contributed by atoms with Crippen LogP contribution in [0.1, 0.15) is 58.8 Å². The first-order chi connectivity index (χ1) is 7.66. The molecular weight excluding hydrogens is 218 g/mol. The molecule has 0 fully saturated rings. The molecule has 0 aromatic rings. The molecule has 2 atom stereocenters. The van der Waals surface area contributed by atoms with Crippen LogP contribution in [0.25, 0.3) is 0 Å². The molecule has 0 aliphatic heterocycles. The lowest BCUT2D eigenvalue weighted by molar-refractivity contribution is 0.532. The minimum atomic E-state index is -0.671. The van der Waals surface area contributed by atoms with Crippen LogP contribution in [0.3, 0.4) is 0 Å². The van der Waals surface area contributed by atoms with E-state index in [0.717, 1.165) is 12.3 Å². The zero-order chi connectivity index (χ0) is 12.2. The molecule has 0 heterocycles. The number of rotatable bonds is 11. The highest BCUT2D eigenvalue weighted by Gasteiger charge is 2.02. The molecule has 2 nitrogen and oxygen atoms in total. The molecule has 0 aromatic carbocycles. The highest BCUT2D eigenvalue weighted by atomic mass is 32.2. The van der Waals surface area contributed by atoms with Crippen LogP contribution in [-0.2, 0) is 10.8 Å². The first kappa shape index (κ1) is 16.1. The van der Waals surface area contributed by atoms with E-state index >= 15 is 0 Å². The van der Waals surface area contributed by atoms with Crippen LogP contribution in [0.2, 0.25) is 0 Å². The topological polar surface area (TPSA) is 29.1 Å². The van der Waals surface area contributed by atoms with Gasteiger partial charge in [-0.05, 0) is 19.9 Å². The third-order valence-corrected chi connectivity index (χ3v) is 3.73. The van der Waals surface area contributed by atoms with Gasteiger partial charge in [-0.3, -0.25) is 4.21 Å². The minimum Gasteiger partial charge on any atom is -0.313 e. The van der Waals surface area contributed by atoms with Crippen molar-refractivity contribution in [3.05, 3.63) is 0 Å². The fourth-order valence-corrected chi connectivity index (χ4v) is 2.66. The molecule has 3 heteroatoms. The predicted molar refractivity (Wildman–Crippen MR) is 74.4 cm³/mol. The van der Waals surface area contributed by atoms with Gasteiger partial charge in [0.15, 0.2) is 0 Å². The predicted octanol–water partition coefficient (Wildman–Crippen LogP) is 3.09. The molecular formula is C13H29NOS. The molecule has 0 rings (SSSR count). The Morgan fingerprint density at radius 3 is 2.19 bits per heavy atom. The second-order valence-corrected chi connectivity index (χ2v) is 6.20. The summed E-state index contributed by atoms with van der Waals surface area (Å²) >= 11 is 0. The van der Waals surface area contributed by atoms with Gasteiger partial charge >= 0.3 is 0 Å². The van der Waals surface area contributed by atoms with Crippen LogP contribution in [0, 0.1) is 0 Å². The number of hydrogen-bond donors (Lipinski definition) is 1. The van der Waals surface area contributed by atoms with E-state index in [1.165, 1.54) is 44.9 Å². The van der Waals surface area contributed by atoms with Crippen molar-refractivity contribution in [3.63, 3.8) is 0 Å². The van der Waals surface area contributed by atoms with Gasteiger partial charge in [-0.1, -0.05) is 45.4 Å². The average molecular weight is 247 g/mol. The first-order valence-electron chi connectivity index (χ1n) is 6.70. The molecule has 1 N–H and O–H groups in total. The number of hydrogen-bond acceptors (Lipinski definition) is 2. The normalized spacial score (nSPS) is 14.9. The Morgan fingerprint density at radius 1 is 1.06 bits per heavy atom. The van der Waals surface area contributed by atoms with Crippen LogP contribution in [0.15, 0.2) is 0 Å². The van der Waals surface area contributed by atoms with Crippen LogP contribution in [0.5, 0.6) is 0 Å². The van der Waals surface area contributed by atoms with E-state index in [4.69, 9.17) is 0 Å². The van der Waals surface area contributed by atoms with E-state index in [1.54, 1.807) is 6.26 Å². The molecule has 0 aliphatic rings. The van der Waals surface area contributed by atoms with Gasteiger partial charge in [0.2, 0.25) is 0 Å². The molecule has 16 heavy (non-hydrogen) atoms. The largest absolute Gasteiger partial charge is 0.313 e. The van der Waals surface area contributed by atoms with Crippen molar-refractivity contribution in [1.82, 2.24) is 5.32 Å². The van der Waals surface area contributed by atoms with E-state index in [1.807, 2.05) is 0 Å². The summed E-state index contributed by atoms with van der Waals surface area (Å²) in [5.41, 5.74) is 0. The Morgan fingerprint density at radius 2 is 1.62 bits per heavy atom. The molecule has 0 saturated carbocycles. The quantitative estimate of drug-likeness (QED) is 0.568. The van der Waals surface area contributed by atoms with Crippen molar-refractivity contribution in [2.75, 3.05) is 18.6 Å². The first-order valence-corrected chi connectivity index (χ1v) is 8.43. The van der Waals surface area contributed by atoms with E-state index in [2.05, 4.69) is 19.2 Å². The minimum absolute atomic E-state index is 0.394. The fourth-order valence-electron chi connectivity index (χ4n) is 1.84. The summed E-state index contributed by atoms with van der Waals surface area (Å²) in [6, 6.07) is 0.394. The monoisotopic (exact) mass is 247 g/mol. The van der Waals surface area contributed by atoms with Gasteiger partial charge in [-0.25, -0.2) is 0 Å². The lowest BCUT2D eigenvalue weighted by Crippen LogP contribution is -2.31. The summed E-state index contributed by atoms with van der Waals surface area (Å²) in [6.07, 6.45) is 11.2. The van der Waals surface area contributed by atoms with Gasteiger partial charge in [0, 0.05) is 28.9 Å². The van der Waals surface area contributed by atoms with Crippen LogP contribution in [0.4, 0.5) is 0 Å². The SMILES string of the molecule is CCCCCCCCCNC(C)CS(C)=O. The molecule has 0 amide bonds. The molecule has 0 spiro atoms. The van der Waals surface area contributed by atoms with Gasteiger partial charge in [0.05, 0.1) is 0 Å². The highest BCUT2D eigenvalue weighted by molar-refractivity contribution is 7.84. The van der Waals surface area contributed by atoms with E-state index < -0.39 is 10.8 Å². The summed E-state index contributed by atoms with van der Waals surface area (Å²) in [6.45, 7) is 5.44. The van der Waals surface area contributed by atoms with Crippen molar-refractivity contribution in [2.45, 2.75) is 64.8 Å². The standard InChI is InChI=1S/C13H29NOS/c1-4-5-6-7-8-9-10-11-14-13(2)12-16(3)15/h13-14H,4-12H2,1-3H3. The lowest BCUT2D eigenvalue weighted by Gasteiger charge is -2.11. The maximum Gasteiger partial charge on any atom is 0.0383 e. The third-order valence-electron chi connectivity index (χ3n) is 2.76. The van der Waals surface area contributed by atoms with Gasteiger partial charge in [0.1, 0.15) is 0 Å². The Bertz CT molecular complexity index is 173.